The lowest BCUT2D eigenvalue weighted by atomic mass is 10.1. The van der Waals surface area contributed by atoms with Gasteiger partial charge in [-0.25, -0.2) is 9.97 Å². The number of anilines is 1. The maximum Gasteiger partial charge on any atom is 0.260 e. The minimum atomic E-state index is 0.0153. The van der Waals surface area contributed by atoms with Crippen LogP contribution in [-0.4, -0.2) is 53.6 Å². The van der Waals surface area contributed by atoms with Crippen molar-refractivity contribution in [3.05, 3.63) is 72.1 Å². The van der Waals surface area contributed by atoms with Crippen LogP contribution < -0.4 is 9.64 Å². The molecule has 0 N–H and O–H groups in total. The largest absolute Gasteiger partial charge is 0.484 e. The Kier molecular flexibility index (Phi) is 5.93. The lowest BCUT2D eigenvalue weighted by Crippen LogP contribution is -2.50. The Morgan fingerprint density at radius 2 is 1.63 bits per heavy atom. The van der Waals surface area contributed by atoms with Crippen molar-refractivity contribution in [3.63, 3.8) is 0 Å². The van der Waals surface area contributed by atoms with Gasteiger partial charge in [0.15, 0.2) is 6.61 Å². The van der Waals surface area contributed by atoms with Gasteiger partial charge in [0.05, 0.1) is 5.69 Å². The van der Waals surface area contributed by atoms with E-state index in [0.29, 0.717) is 13.1 Å². The number of piperazine rings is 1. The number of amides is 1. The maximum absolute atomic E-state index is 12.6. The van der Waals surface area contributed by atoms with Crippen molar-refractivity contribution >= 4 is 11.7 Å². The van der Waals surface area contributed by atoms with Crippen molar-refractivity contribution in [1.29, 1.82) is 0 Å². The zero-order valence-electron chi connectivity index (χ0n) is 17.4. The molecule has 2 aromatic carbocycles. The van der Waals surface area contributed by atoms with E-state index in [0.717, 1.165) is 47.0 Å². The SMILES string of the molecule is Cc1cc(C)cc(OCC(=O)N2CCN(c3cc(-c4ccccc4)ncn3)CC2)c1. The molecule has 0 atom stereocenters. The highest BCUT2D eigenvalue weighted by molar-refractivity contribution is 5.78. The lowest BCUT2D eigenvalue weighted by Gasteiger charge is -2.35. The highest BCUT2D eigenvalue weighted by Crippen LogP contribution is 2.21. The van der Waals surface area contributed by atoms with Crippen LogP contribution in [0.3, 0.4) is 0 Å². The van der Waals surface area contributed by atoms with Gasteiger partial charge in [-0.15, -0.1) is 0 Å². The molecule has 0 saturated carbocycles. The van der Waals surface area contributed by atoms with E-state index in [4.69, 9.17) is 4.74 Å². The first-order chi connectivity index (χ1) is 14.6. The molecule has 1 aromatic heterocycles. The number of aromatic nitrogens is 2. The quantitative estimate of drug-likeness (QED) is 0.654. The summed E-state index contributed by atoms with van der Waals surface area (Å²) in [5.74, 6) is 1.65. The monoisotopic (exact) mass is 402 g/mol. The average Bonchev–Trinajstić information content (AvgIpc) is 2.78. The predicted molar refractivity (Wildman–Crippen MR) is 118 cm³/mol. The first-order valence-corrected chi connectivity index (χ1v) is 10.2. The summed E-state index contributed by atoms with van der Waals surface area (Å²) in [6, 6.07) is 18.1. The number of benzene rings is 2. The van der Waals surface area contributed by atoms with Gasteiger partial charge in [0.2, 0.25) is 0 Å². The standard InChI is InChI=1S/C24H26N4O2/c1-18-12-19(2)14-21(13-18)30-16-24(29)28-10-8-27(9-11-28)23-15-22(25-17-26-23)20-6-4-3-5-7-20/h3-7,12-15,17H,8-11,16H2,1-2H3. The number of hydrogen-bond acceptors (Lipinski definition) is 5. The molecular formula is C24H26N4O2. The Bertz CT molecular complexity index is 994. The van der Waals surface area contributed by atoms with Gasteiger partial charge in [-0.05, 0) is 37.1 Å². The van der Waals surface area contributed by atoms with Crippen LogP contribution in [0, 0.1) is 13.8 Å². The van der Waals surface area contributed by atoms with E-state index >= 15 is 0 Å². The summed E-state index contributed by atoms with van der Waals surface area (Å²) in [5, 5.41) is 0. The van der Waals surface area contributed by atoms with E-state index in [1.165, 1.54) is 0 Å². The first-order valence-electron chi connectivity index (χ1n) is 10.2. The Hall–Kier alpha value is -3.41. The molecule has 1 saturated heterocycles. The third-order valence-corrected chi connectivity index (χ3v) is 5.24. The van der Waals surface area contributed by atoms with Crippen LogP contribution in [0.25, 0.3) is 11.3 Å². The second-order valence-corrected chi connectivity index (χ2v) is 7.61. The molecule has 1 aliphatic rings. The molecular weight excluding hydrogens is 376 g/mol. The summed E-state index contributed by atoms with van der Waals surface area (Å²) < 4.78 is 5.73. The molecule has 0 spiro atoms. The van der Waals surface area contributed by atoms with E-state index in [2.05, 4.69) is 20.9 Å². The highest BCUT2D eigenvalue weighted by atomic mass is 16.5. The molecule has 6 nitrogen and oxygen atoms in total. The fourth-order valence-corrected chi connectivity index (χ4v) is 3.72. The van der Waals surface area contributed by atoms with Crippen molar-refractivity contribution in [2.75, 3.05) is 37.7 Å². The van der Waals surface area contributed by atoms with Crippen LogP contribution in [0.2, 0.25) is 0 Å². The molecule has 6 heteroatoms. The van der Waals surface area contributed by atoms with Crippen molar-refractivity contribution in [2.45, 2.75) is 13.8 Å². The number of nitrogens with zero attached hydrogens (tertiary/aromatic N) is 4. The van der Waals surface area contributed by atoms with Gasteiger partial charge in [0.25, 0.3) is 5.91 Å². The molecule has 1 amide bonds. The summed E-state index contributed by atoms with van der Waals surface area (Å²) in [6.07, 6.45) is 1.60. The third kappa shape index (κ3) is 4.76. The zero-order chi connectivity index (χ0) is 20.9. The Balaban J connectivity index is 1.33. The fourth-order valence-electron chi connectivity index (χ4n) is 3.72. The second kappa shape index (κ2) is 8.95. The Labute approximate surface area is 177 Å². The van der Waals surface area contributed by atoms with Gasteiger partial charge in [-0.1, -0.05) is 36.4 Å². The van der Waals surface area contributed by atoms with Gasteiger partial charge in [0, 0.05) is 37.8 Å². The van der Waals surface area contributed by atoms with Crippen LogP contribution >= 0.6 is 0 Å². The highest BCUT2D eigenvalue weighted by Gasteiger charge is 2.22. The maximum atomic E-state index is 12.6. The Morgan fingerprint density at radius 1 is 0.933 bits per heavy atom. The molecule has 1 aliphatic heterocycles. The predicted octanol–water partition coefficient (Wildman–Crippen LogP) is 3.49. The third-order valence-electron chi connectivity index (χ3n) is 5.24. The van der Waals surface area contributed by atoms with Gasteiger partial charge in [-0.3, -0.25) is 4.79 Å². The molecule has 3 aromatic rings. The average molecular weight is 402 g/mol. The lowest BCUT2D eigenvalue weighted by molar-refractivity contribution is -0.133. The summed E-state index contributed by atoms with van der Waals surface area (Å²) in [7, 11) is 0. The molecule has 2 heterocycles. The van der Waals surface area contributed by atoms with E-state index in [1.807, 2.05) is 67.3 Å². The minimum Gasteiger partial charge on any atom is -0.484 e. The van der Waals surface area contributed by atoms with Gasteiger partial charge in [-0.2, -0.15) is 0 Å². The van der Waals surface area contributed by atoms with Crippen molar-refractivity contribution in [3.8, 4) is 17.0 Å². The topological polar surface area (TPSA) is 58.6 Å². The van der Waals surface area contributed by atoms with Crippen LogP contribution in [0.15, 0.2) is 60.9 Å². The van der Waals surface area contributed by atoms with E-state index in [9.17, 15) is 4.79 Å². The van der Waals surface area contributed by atoms with Crippen LogP contribution in [0.1, 0.15) is 11.1 Å². The van der Waals surface area contributed by atoms with Crippen molar-refractivity contribution in [1.82, 2.24) is 14.9 Å². The fraction of sp³-hybridized carbons (Fsp3) is 0.292. The molecule has 154 valence electrons. The van der Waals surface area contributed by atoms with Crippen LogP contribution in [0.5, 0.6) is 5.75 Å². The molecule has 4 rings (SSSR count). The van der Waals surface area contributed by atoms with Crippen molar-refractivity contribution in [2.24, 2.45) is 0 Å². The van der Waals surface area contributed by atoms with Crippen LogP contribution in [0.4, 0.5) is 5.82 Å². The van der Waals surface area contributed by atoms with E-state index in [1.54, 1.807) is 6.33 Å². The number of aryl methyl sites for hydroxylation is 2. The molecule has 0 bridgehead atoms. The van der Waals surface area contributed by atoms with E-state index in [-0.39, 0.29) is 12.5 Å². The molecule has 1 fully saturated rings. The number of ether oxygens (including phenoxy) is 1. The molecule has 30 heavy (non-hydrogen) atoms. The van der Waals surface area contributed by atoms with E-state index < -0.39 is 0 Å². The zero-order valence-corrected chi connectivity index (χ0v) is 17.4. The number of hydrogen-bond donors (Lipinski definition) is 0. The first kappa shape index (κ1) is 19.9. The molecule has 0 aliphatic carbocycles. The number of rotatable bonds is 5. The van der Waals surface area contributed by atoms with Gasteiger partial charge in [0.1, 0.15) is 17.9 Å². The van der Waals surface area contributed by atoms with Gasteiger partial charge < -0.3 is 14.5 Å². The Morgan fingerprint density at radius 3 is 2.33 bits per heavy atom. The summed E-state index contributed by atoms with van der Waals surface area (Å²) in [4.78, 5) is 25.5. The van der Waals surface area contributed by atoms with Crippen LogP contribution in [-0.2, 0) is 4.79 Å². The summed E-state index contributed by atoms with van der Waals surface area (Å²) >= 11 is 0. The smallest absolute Gasteiger partial charge is 0.260 e. The van der Waals surface area contributed by atoms with Crippen molar-refractivity contribution < 1.29 is 9.53 Å². The number of carbonyl (C=O) groups is 1. The summed E-state index contributed by atoms with van der Waals surface area (Å²) in [6.45, 7) is 6.89. The molecule has 0 unspecified atom stereocenters. The summed E-state index contributed by atoms with van der Waals surface area (Å²) in [5.41, 5.74) is 4.23. The number of carbonyl (C=O) groups excluding carboxylic acids is 1. The van der Waals surface area contributed by atoms with Gasteiger partial charge >= 0.3 is 0 Å². The second-order valence-electron chi connectivity index (χ2n) is 7.61. The minimum absolute atomic E-state index is 0.0153. The normalized spacial score (nSPS) is 13.9. The molecule has 0 radical (unpaired) electrons.